The summed E-state index contributed by atoms with van der Waals surface area (Å²) in [5, 5.41) is 0. The van der Waals surface area contributed by atoms with Crippen molar-refractivity contribution in [2.75, 3.05) is 26.5 Å². The van der Waals surface area contributed by atoms with Crippen LogP contribution in [0, 0.1) is 11.6 Å². The van der Waals surface area contributed by atoms with E-state index in [1.165, 1.54) is 37.3 Å². The lowest BCUT2D eigenvalue weighted by atomic mass is 9.81. The van der Waals surface area contributed by atoms with Crippen LogP contribution >= 0.6 is 0 Å². The van der Waals surface area contributed by atoms with Gasteiger partial charge in [0.15, 0.2) is 23.1 Å². The van der Waals surface area contributed by atoms with Crippen molar-refractivity contribution in [3.05, 3.63) is 89.0 Å². The molecule has 3 aromatic carbocycles. The van der Waals surface area contributed by atoms with Gasteiger partial charge in [-0.25, -0.2) is 13.8 Å². The topological polar surface area (TPSA) is 132 Å². The van der Waals surface area contributed by atoms with E-state index in [-0.39, 0.29) is 36.0 Å². The van der Waals surface area contributed by atoms with Crippen molar-refractivity contribution in [2.24, 2.45) is 10.7 Å². The van der Waals surface area contributed by atoms with Crippen molar-refractivity contribution in [3.8, 4) is 16.9 Å². The molecule has 9 nitrogen and oxygen atoms in total. The maximum atomic E-state index is 15.0. The van der Waals surface area contributed by atoms with E-state index in [0.29, 0.717) is 16.7 Å². The maximum Gasteiger partial charge on any atom is 0.267 e. The summed E-state index contributed by atoms with van der Waals surface area (Å²) >= 11 is 0. The predicted molar refractivity (Wildman–Crippen MR) is 136 cm³/mol. The Kier molecular flexibility index (Phi) is 7.49. The quantitative estimate of drug-likeness (QED) is 0.312. The second-order valence-corrected chi connectivity index (χ2v) is 10.2. The molecule has 1 amide bonds. The van der Waals surface area contributed by atoms with Crippen LogP contribution in [0.1, 0.15) is 16.7 Å². The number of carbonyl (C=O) groups excluding carboxylic acids is 1. The van der Waals surface area contributed by atoms with Crippen LogP contribution in [-0.4, -0.2) is 56.3 Å². The number of nitrogens with zero attached hydrogens (tertiary/aromatic N) is 2. The minimum absolute atomic E-state index is 0.0308. The number of ether oxygens (including phenoxy) is 2. The molecule has 1 unspecified atom stereocenters. The smallest absolute Gasteiger partial charge is 0.267 e. The summed E-state index contributed by atoms with van der Waals surface area (Å²) in [6, 6.07) is 15.1. The Labute approximate surface area is 218 Å². The van der Waals surface area contributed by atoms with Crippen LogP contribution in [0.15, 0.2) is 65.7 Å². The number of benzene rings is 3. The first-order valence-corrected chi connectivity index (χ1v) is 13.0. The van der Waals surface area contributed by atoms with Crippen molar-refractivity contribution >= 4 is 22.0 Å². The molecule has 3 aromatic rings. The van der Waals surface area contributed by atoms with E-state index in [0.717, 1.165) is 6.07 Å². The third-order valence-corrected chi connectivity index (χ3v) is 6.89. The minimum Gasteiger partial charge on any atom is -0.494 e. The molecule has 1 aliphatic heterocycles. The summed E-state index contributed by atoms with van der Waals surface area (Å²) in [4.78, 5) is 19.3. The van der Waals surface area contributed by atoms with Crippen molar-refractivity contribution in [3.63, 3.8) is 0 Å². The molecule has 3 N–H and O–H groups in total. The van der Waals surface area contributed by atoms with Crippen LogP contribution in [0.3, 0.4) is 0 Å². The number of hydrogen-bond donors (Lipinski definition) is 2. The van der Waals surface area contributed by atoms with Gasteiger partial charge in [-0.3, -0.25) is 14.2 Å². The van der Waals surface area contributed by atoms with Crippen molar-refractivity contribution in [1.29, 1.82) is 0 Å². The van der Waals surface area contributed by atoms with Crippen molar-refractivity contribution in [2.45, 2.75) is 12.1 Å². The molecule has 4 rings (SSSR count). The fourth-order valence-corrected chi connectivity index (χ4v) is 4.56. The summed E-state index contributed by atoms with van der Waals surface area (Å²) in [7, 11) is -1.38. The van der Waals surface area contributed by atoms with Gasteiger partial charge in [-0.2, -0.15) is 8.42 Å². The van der Waals surface area contributed by atoms with Gasteiger partial charge < -0.3 is 15.2 Å². The second kappa shape index (κ2) is 10.5. The lowest BCUT2D eigenvalue weighted by Crippen LogP contribution is -2.41. The zero-order valence-corrected chi connectivity index (χ0v) is 21.3. The monoisotopic (exact) mass is 545 g/mol. The van der Waals surface area contributed by atoms with Crippen LogP contribution in [-0.2, 0) is 31.8 Å². The SMILES string of the molecule is COc1ccc(F)c(-c2cccc(C3(c4ccc(COCCS(=O)(=O)O)cc4)N=C(N)N(C)C3=O)c2)c1F. The largest absolute Gasteiger partial charge is 0.494 e. The highest BCUT2D eigenvalue weighted by atomic mass is 32.2. The molecular weight excluding hydrogens is 520 g/mol. The number of aliphatic imine (C=N–C) groups is 1. The molecular formula is C26H25F2N3O6S. The van der Waals surface area contributed by atoms with Crippen LogP contribution in [0.2, 0.25) is 0 Å². The summed E-state index contributed by atoms with van der Waals surface area (Å²) in [6.07, 6.45) is 0. The molecule has 0 aliphatic carbocycles. The predicted octanol–water partition coefficient (Wildman–Crippen LogP) is 3.08. The van der Waals surface area contributed by atoms with Gasteiger partial charge in [-0.05, 0) is 40.5 Å². The van der Waals surface area contributed by atoms with Crippen LogP contribution in [0.25, 0.3) is 11.1 Å². The fraction of sp³-hybridized carbons (Fsp3) is 0.231. The van der Waals surface area contributed by atoms with E-state index in [1.54, 1.807) is 36.4 Å². The molecule has 1 aliphatic rings. The maximum absolute atomic E-state index is 15.0. The number of guanidine groups is 1. The molecule has 0 bridgehead atoms. The molecule has 0 saturated heterocycles. The molecule has 1 atom stereocenters. The Morgan fingerprint density at radius 2 is 1.79 bits per heavy atom. The zero-order chi connectivity index (χ0) is 27.7. The number of amides is 1. The van der Waals surface area contributed by atoms with Crippen LogP contribution < -0.4 is 10.5 Å². The van der Waals surface area contributed by atoms with E-state index in [9.17, 15) is 17.6 Å². The highest BCUT2D eigenvalue weighted by Crippen LogP contribution is 2.41. The third kappa shape index (κ3) is 5.10. The highest BCUT2D eigenvalue weighted by molar-refractivity contribution is 7.85. The van der Waals surface area contributed by atoms with Crippen LogP contribution in [0.4, 0.5) is 8.78 Å². The minimum atomic E-state index is -4.13. The molecule has 0 radical (unpaired) electrons. The molecule has 0 aromatic heterocycles. The molecule has 0 spiro atoms. The second-order valence-electron chi connectivity index (χ2n) is 8.60. The Hall–Kier alpha value is -3.87. The summed E-state index contributed by atoms with van der Waals surface area (Å²) in [5.74, 6) is -2.84. The van der Waals surface area contributed by atoms with Gasteiger partial charge in [0.1, 0.15) is 5.82 Å². The van der Waals surface area contributed by atoms with E-state index < -0.39 is 39.0 Å². The number of methoxy groups -OCH3 is 1. The first kappa shape index (κ1) is 27.2. The average molecular weight is 546 g/mol. The van der Waals surface area contributed by atoms with Gasteiger partial charge in [-0.1, -0.05) is 42.5 Å². The van der Waals surface area contributed by atoms with Gasteiger partial charge >= 0.3 is 0 Å². The highest BCUT2D eigenvalue weighted by Gasteiger charge is 2.49. The Bertz CT molecular complexity index is 1510. The summed E-state index contributed by atoms with van der Waals surface area (Å²) < 4.78 is 70.6. The van der Waals surface area contributed by atoms with Gasteiger partial charge in [-0.15, -0.1) is 0 Å². The number of carbonyl (C=O) groups is 1. The van der Waals surface area contributed by atoms with Gasteiger partial charge in [0.05, 0.1) is 31.6 Å². The van der Waals surface area contributed by atoms with Crippen molar-refractivity contribution in [1.82, 2.24) is 4.90 Å². The van der Waals surface area contributed by atoms with Gasteiger partial charge in [0, 0.05) is 7.05 Å². The third-order valence-electron chi connectivity index (χ3n) is 6.21. The fourth-order valence-electron chi connectivity index (χ4n) is 4.24. The lowest BCUT2D eigenvalue weighted by molar-refractivity contribution is -0.129. The number of halogens is 2. The molecule has 0 fully saturated rings. The van der Waals surface area contributed by atoms with E-state index in [2.05, 4.69) is 4.99 Å². The Balaban J connectivity index is 1.75. The number of hydrogen-bond acceptors (Lipinski definition) is 7. The average Bonchev–Trinajstić information content (AvgIpc) is 3.11. The molecule has 1 heterocycles. The lowest BCUT2D eigenvalue weighted by Gasteiger charge is -2.27. The van der Waals surface area contributed by atoms with Crippen LogP contribution in [0.5, 0.6) is 5.75 Å². The molecule has 12 heteroatoms. The first-order valence-electron chi connectivity index (χ1n) is 11.4. The van der Waals surface area contributed by atoms with Gasteiger partial charge in [0.2, 0.25) is 0 Å². The van der Waals surface area contributed by atoms with E-state index >= 15 is 4.39 Å². The number of likely N-dealkylation sites (N-methyl/N-ethyl adjacent to an activating group) is 1. The Morgan fingerprint density at radius 1 is 1.08 bits per heavy atom. The Morgan fingerprint density at radius 3 is 2.39 bits per heavy atom. The van der Waals surface area contributed by atoms with E-state index in [1.807, 2.05) is 0 Å². The van der Waals surface area contributed by atoms with E-state index in [4.69, 9.17) is 19.8 Å². The van der Waals surface area contributed by atoms with Gasteiger partial charge in [0.25, 0.3) is 16.0 Å². The molecule has 0 saturated carbocycles. The van der Waals surface area contributed by atoms with Crippen molar-refractivity contribution < 1.29 is 36.0 Å². The molecule has 200 valence electrons. The first-order chi connectivity index (χ1) is 18.0. The zero-order valence-electron chi connectivity index (χ0n) is 20.5. The standard InChI is InChI=1S/C26H25F2N3O6S/c1-31-24(32)26(30-25(31)29,18-8-6-16(7-9-18)15-37-12-13-38(33,34)35)19-5-3-4-17(14-19)22-20(27)10-11-21(36-2)23(22)28/h3-11,14H,12-13,15H2,1-2H3,(H2,29,30)(H,33,34,35). The summed E-state index contributed by atoms with van der Waals surface area (Å²) in [5.41, 5.74) is 5.73. The normalized spacial score (nSPS) is 17.6. The number of rotatable bonds is 9. The number of nitrogens with two attached hydrogens (primary N) is 1. The molecule has 38 heavy (non-hydrogen) atoms. The summed E-state index contributed by atoms with van der Waals surface area (Å²) in [6.45, 7) is -0.134.